The molecule has 0 aliphatic rings. The van der Waals surface area contributed by atoms with Gasteiger partial charge in [0, 0.05) is 11.6 Å². The summed E-state index contributed by atoms with van der Waals surface area (Å²) in [4.78, 5) is 35.2. The van der Waals surface area contributed by atoms with E-state index in [9.17, 15) is 19.7 Å². The van der Waals surface area contributed by atoms with Gasteiger partial charge in [0.15, 0.2) is 0 Å². The number of nitrogens with one attached hydrogen (secondary N) is 1. The monoisotopic (exact) mass is 415 g/mol. The predicted molar refractivity (Wildman–Crippen MR) is 105 cm³/mol. The number of hydrogen-bond donors (Lipinski definition) is 1. The molecule has 0 aliphatic carbocycles. The number of nitriles is 1. The molecular weight excluding hydrogens is 398 g/mol. The molecule has 0 radical (unpaired) electrons. The maximum absolute atomic E-state index is 12.5. The smallest absolute Gasteiger partial charge is 0.329 e. The van der Waals surface area contributed by atoms with Crippen LogP contribution in [0.15, 0.2) is 42.5 Å². The number of esters is 1. The lowest BCUT2D eigenvalue weighted by atomic mass is 10.0. The van der Waals surface area contributed by atoms with Crippen molar-refractivity contribution < 1.29 is 19.2 Å². The van der Waals surface area contributed by atoms with E-state index < -0.39 is 28.5 Å². The number of ether oxygens (including phenoxy) is 1. The highest BCUT2D eigenvalue weighted by molar-refractivity contribution is 6.32. The first-order chi connectivity index (χ1) is 13.7. The van der Waals surface area contributed by atoms with Gasteiger partial charge in [-0.05, 0) is 35.7 Å². The molecule has 0 heterocycles. The lowest BCUT2D eigenvalue weighted by Crippen LogP contribution is -2.45. The molecule has 1 atom stereocenters. The van der Waals surface area contributed by atoms with E-state index in [2.05, 4.69) is 5.32 Å². The van der Waals surface area contributed by atoms with E-state index in [-0.39, 0.29) is 23.1 Å². The van der Waals surface area contributed by atoms with Gasteiger partial charge in [0.25, 0.3) is 11.6 Å². The molecule has 0 saturated carbocycles. The Morgan fingerprint density at radius 1 is 1.24 bits per heavy atom. The molecule has 0 aliphatic heterocycles. The summed E-state index contributed by atoms with van der Waals surface area (Å²) in [5.41, 5.74) is 0.791. The molecule has 0 unspecified atom stereocenters. The Labute approximate surface area is 172 Å². The maximum atomic E-state index is 12.5. The highest BCUT2D eigenvalue weighted by Crippen LogP contribution is 2.25. The van der Waals surface area contributed by atoms with Crippen LogP contribution >= 0.6 is 11.6 Å². The van der Waals surface area contributed by atoms with Gasteiger partial charge in [0.1, 0.15) is 17.7 Å². The van der Waals surface area contributed by atoms with Gasteiger partial charge in [-0.15, -0.1) is 0 Å². The van der Waals surface area contributed by atoms with Crippen LogP contribution in [0.4, 0.5) is 5.69 Å². The summed E-state index contributed by atoms with van der Waals surface area (Å²) in [6.07, 6.45) is 0. The largest absolute Gasteiger partial charge is 0.459 e. The summed E-state index contributed by atoms with van der Waals surface area (Å²) >= 11 is 5.76. The van der Waals surface area contributed by atoms with Gasteiger partial charge in [-0.3, -0.25) is 14.9 Å². The Balaban J connectivity index is 2.07. The van der Waals surface area contributed by atoms with Crippen LogP contribution in [0.2, 0.25) is 5.02 Å². The second-order valence-electron chi connectivity index (χ2n) is 6.53. The molecular formula is C20H18ClN3O5. The maximum Gasteiger partial charge on any atom is 0.329 e. The number of carbonyl (C=O) groups excluding carboxylic acids is 2. The van der Waals surface area contributed by atoms with E-state index in [0.29, 0.717) is 11.1 Å². The Hall–Kier alpha value is -3.44. The highest BCUT2D eigenvalue weighted by atomic mass is 35.5. The average Bonchev–Trinajstić information content (AvgIpc) is 2.70. The molecule has 0 aromatic heterocycles. The van der Waals surface area contributed by atoms with Crippen LogP contribution in [0.1, 0.15) is 35.3 Å². The first kappa shape index (κ1) is 21.9. The normalized spacial score (nSPS) is 11.4. The average molecular weight is 416 g/mol. The number of halogens is 1. The van der Waals surface area contributed by atoms with Crippen LogP contribution in [0.5, 0.6) is 0 Å². The highest BCUT2D eigenvalue weighted by Gasteiger charge is 2.27. The van der Waals surface area contributed by atoms with Crippen molar-refractivity contribution in [3.05, 3.63) is 74.3 Å². The van der Waals surface area contributed by atoms with Gasteiger partial charge in [-0.1, -0.05) is 37.6 Å². The number of hydrogen-bond acceptors (Lipinski definition) is 6. The molecule has 150 valence electrons. The van der Waals surface area contributed by atoms with Crippen LogP contribution in [-0.2, 0) is 16.1 Å². The molecule has 0 fully saturated rings. The van der Waals surface area contributed by atoms with Gasteiger partial charge in [0.2, 0.25) is 0 Å². The molecule has 0 spiro atoms. The first-order valence-corrected chi connectivity index (χ1v) is 9.01. The second-order valence-corrected chi connectivity index (χ2v) is 6.94. The number of rotatable bonds is 7. The molecule has 0 bridgehead atoms. The third-order valence-electron chi connectivity index (χ3n) is 4.08. The van der Waals surface area contributed by atoms with Crippen LogP contribution < -0.4 is 5.32 Å². The van der Waals surface area contributed by atoms with Crippen molar-refractivity contribution >= 4 is 29.2 Å². The minimum Gasteiger partial charge on any atom is -0.459 e. The number of carbonyl (C=O) groups is 2. The van der Waals surface area contributed by atoms with Crippen LogP contribution in [0.25, 0.3) is 0 Å². The Kier molecular flexibility index (Phi) is 7.28. The zero-order valence-electron chi connectivity index (χ0n) is 15.7. The molecule has 9 heteroatoms. The van der Waals surface area contributed by atoms with E-state index in [4.69, 9.17) is 21.6 Å². The Morgan fingerprint density at radius 3 is 2.45 bits per heavy atom. The molecule has 29 heavy (non-hydrogen) atoms. The lowest BCUT2D eigenvalue weighted by molar-refractivity contribution is -0.384. The van der Waals surface area contributed by atoms with E-state index >= 15 is 0 Å². The van der Waals surface area contributed by atoms with Gasteiger partial charge in [0.05, 0.1) is 16.6 Å². The quantitative estimate of drug-likeness (QED) is 0.418. The Bertz CT molecular complexity index is 967. The van der Waals surface area contributed by atoms with Gasteiger partial charge >= 0.3 is 5.97 Å². The fourth-order valence-electron chi connectivity index (χ4n) is 2.44. The van der Waals surface area contributed by atoms with Crippen LogP contribution in [-0.4, -0.2) is 22.8 Å². The summed E-state index contributed by atoms with van der Waals surface area (Å²) in [5.74, 6) is -1.57. The molecule has 2 aromatic rings. The minimum absolute atomic E-state index is 0.00615. The van der Waals surface area contributed by atoms with E-state index in [0.717, 1.165) is 6.07 Å². The van der Waals surface area contributed by atoms with Crippen LogP contribution in [0.3, 0.4) is 0 Å². The summed E-state index contributed by atoms with van der Waals surface area (Å²) in [5, 5.41) is 22.3. The number of nitro groups is 1. The predicted octanol–water partition coefficient (Wildman–Crippen LogP) is 3.62. The molecule has 2 rings (SSSR count). The fraction of sp³-hybridized carbons (Fsp3) is 0.250. The minimum atomic E-state index is -0.949. The van der Waals surface area contributed by atoms with Gasteiger partial charge in [-0.2, -0.15) is 5.26 Å². The summed E-state index contributed by atoms with van der Waals surface area (Å²) in [7, 11) is 0. The Morgan fingerprint density at radius 2 is 1.90 bits per heavy atom. The third kappa shape index (κ3) is 5.77. The second kappa shape index (κ2) is 9.66. The molecule has 0 saturated heterocycles. The standard InChI is InChI=1S/C20H18ClN3O5/c1-12(2)18(20(26)29-11-14-5-3-13(10-22)4-6-14)23-19(25)15-7-8-16(21)17(9-15)24(27)28/h3-9,12,18H,11H2,1-2H3,(H,23,25)/t18-/m0/s1. The molecule has 1 amide bonds. The van der Waals surface area contributed by atoms with Crippen molar-refractivity contribution in [2.45, 2.75) is 26.5 Å². The SMILES string of the molecule is CC(C)[C@H](NC(=O)c1ccc(Cl)c([N+](=O)[O-])c1)C(=O)OCc1ccc(C#N)cc1. The zero-order chi connectivity index (χ0) is 21.6. The molecule has 2 aromatic carbocycles. The first-order valence-electron chi connectivity index (χ1n) is 8.63. The van der Waals surface area contributed by atoms with Crippen molar-refractivity contribution in [3.8, 4) is 6.07 Å². The van der Waals surface area contributed by atoms with E-state index in [1.807, 2.05) is 6.07 Å². The van der Waals surface area contributed by atoms with Gasteiger partial charge in [-0.25, -0.2) is 4.79 Å². The topological polar surface area (TPSA) is 122 Å². The number of nitro benzene ring substituents is 1. The van der Waals surface area contributed by atoms with E-state index in [1.54, 1.807) is 38.1 Å². The number of amides is 1. The molecule has 8 nitrogen and oxygen atoms in total. The number of benzene rings is 2. The third-order valence-corrected chi connectivity index (χ3v) is 4.40. The summed E-state index contributed by atoms with van der Waals surface area (Å²) in [6, 6.07) is 11.2. The fourth-order valence-corrected chi connectivity index (χ4v) is 2.62. The zero-order valence-corrected chi connectivity index (χ0v) is 16.5. The van der Waals surface area contributed by atoms with Gasteiger partial charge < -0.3 is 10.1 Å². The number of nitrogens with zero attached hydrogens (tertiary/aromatic N) is 2. The summed E-state index contributed by atoms with van der Waals surface area (Å²) < 4.78 is 5.28. The van der Waals surface area contributed by atoms with Crippen molar-refractivity contribution in [2.75, 3.05) is 0 Å². The van der Waals surface area contributed by atoms with E-state index in [1.165, 1.54) is 12.1 Å². The van der Waals surface area contributed by atoms with Crippen molar-refractivity contribution in [1.29, 1.82) is 5.26 Å². The summed E-state index contributed by atoms with van der Waals surface area (Å²) in [6.45, 7) is 3.45. The lowest BCUT2D eigenvalue weighted by Gasteiger charge is -2.21. The van der Waals surface area contributed by atoms with Crippen molar-refractivity contribution in [1.82, 2.24) is 5.32 Å². The van der Waals surface area contributed by atoms with Crippen LogP contribution in [0, 0.1) is 27.4 Å². The van der Waals surface area contributed by atoms with Crippen molar-refractivity contribution in [2.24, 2.45) is 5.92 Å². The molecule has 1 N–H and O–H groups in total. The van der Waals surface area contributed by atoms with Crippen molar-refractivity contribution in [3.63, 3.8) is 0 Å².